The van der Waals surface area contributed by atoms with E-state index in [-0.39, 0.29) is 11.6 Å². The fourth-order valence-electron chi connectivity index (χ4n) is 1.20. The average molecular weight is 199 g/mol. The zero-order valence-corrected chi connectivity index (χ0v) is 8.71. The van der Waals surface area contributed by atoms with Crippen LogP contribution in [0.1, 0.15) is 39.5 Å². The van der Waals surface area contributed by atoms with Gasteiger partial charge in [-0.2, -0.15) is 0 Å². The van der Waals surface area contributed by atoms with E-state index in [2.05, 4.69) is 5.32 Å². The molecule has 0 bridgehead atoms. The van der Waals surface area contributed by atoms with Crippen LogP contribution in [0.5, 0.6) is 0 Å². The minimum atomic E-state index is -0.506. The normalized spacial score (nSPS) is 11.9. The molecule has 14 heavy (non-hydrogen) atoms. The minimum absolute atomic E-state index is 0.110. The van der Waals surface area contributed by atoms with Crippen molar-refractivity contribution in [3.8, 4) is 0 Å². The first-order valence-electron chi connectivity index (χ1n) is 4.83. The maximum atomic E-state index is 11.1. The summed E-state index contributed by atoms with van der Waals surface area (Å²) in [6.45, 7) is 3.34. The number of amides is 1. The second kappa shape index (κ2) is 7.24. The Balaban J connectivity index is 3.87. The topological polar surface area (TPSA) is 63.2 Å². The zero-order valence-electron chi connectivity index (χ0n) is 8.71. The third kappa shape index (κ3) is 5.45. The summed E-state index contributed by atoms with van der Waals surface area (Å²) >= 11 is 0. The summed E-state index contributed by atoms with van der Waals surface area (Å²) in [7, 11) is 0. The van der Waals surface area contributed by atoms with Gasteiger partial charge in [0.05, 0.1) is 6.04 Å². The Morgan fingerprint density at radius 1 is 1.36 bits per heavy atom. The van der Waals surface area contributed by atoms with Gasteiger partial charge < -0.3 is 5.32 Å². The second-order valence-corrected chi connectivity index (χ2v) is 3.28. The highest BCUT2D eigenvalue weighted by molar-refractivity contribution is 5.84. The summed E-state index contributed by atoms with van der Waals surface area (Å²) in [6, 6.07) is -0.506. The van der Waals surface area contributed by atoms with Gasteiger partial charge in [0.15, 0.2) is 5.78 Å². The molecular formula is C10H17NO3. The molecular weight excluding hydrogens is 182 g/mol. The second-order valence-electron chi connectivity index (χ2n) is 3.28. The number of carbonyl (C=O) groups is 3. The predicted molar refractivity (Wildman–Crippen MR) is 52.8 cm³/mol. The molecule has 0 aromatic carbocycles. The molecule has 0 aromatic heterocycles. The molecule has 1 atom stereocenters. The molecule has 0 rings (SSSR count). The number of carbonyl (C=O) groups excluding carboxylic acids is 3. The van der Waals surface area contributed by atoms with Crippen molar-refractivity contribution < 1.29 is 14.4 Å². The quantitative estimate of drug-likeness (QED) is 0.589. The summed E-state index contributed by atoms with van der Waals surface area (Å²) in [4.78, 5) is 32.3. The fraction of sp³-hybridized carbons (Fsp3) is 0.700. The van der Waals surface area contributed by atoms with Crippen LogP contribution in [0.15, 0.2) is 0 Å². The van der Waals surface area contributed by atoms with E-state index in [1.54, 1.807) is 0 Å². The summed E-state index contributed by atoms with van der Waals surface area (Å²) in [6.07, 6.45) is 2.64. The fourth-order valence-corrected chi connectivity index (χ4v) is 1.20. The van der Waals surface area contributed by atoms with Crippen molar-refractivity contribution in [3.63, 3.8) is 0 Å². The van der Waals surface area contributed by atoms with Crippen LogP contribution >= 0.6 is 0 Å². The molecule has 0 aliphatic heterocycles. The Morgan fingerprint density at radius 3 is 2.43 bits per heavy atom. The molecule has 0 fully saturated rings. The van der Waals surface area contributed by atoms with Crippen LogP contribution in [0, 0.1) is 0 Å². The molecule has 0 saturated heterocycles. The van der Waals surface area contributed by atoms with E-state index in [1.807, 2.05) is 6.92 Å². The van der Waals surface area contributed by atoms with Gasteiger partial charge in [0.2, 0.25) is 6.41 Å². The van der Waals surface area contributed by atoms with Crippen molar-refractivity contribution in [2.24, 2.45) is 0 Å². The standard InChI is InChI=1S/C10H17NO3/c1-3-4-9(14)5-6-10(8(2)13)11-7-12/h7,10H,3-6H2,1-2H3,(H,11,12). The van der Waals surface area contributed by atoms with E-state index in [0.717, 1.165) is 6.42 Å². The van der Waals surface area contributed by atoms with Crippen molar-refractivity contribution in [2.75, 3.05) is 0 Å². The smallest absolute Gasteiger partial charge is 0.207 e. The van der Waals surface area contributed by atoms with Crippen molar-refractivity contribution in [1.82, 2.24) is 5.32 Å². The van der Waals surface area contributed by atoms with Gasteiger partial charge in [0, 0.05) is 12.8 Å². The molecule has 0 aliphatic carbocycles. The molecule has 1 unspecified atom stereocenters. The Labute approximate surface area is 84.1 Å². The molecule has 1 N–H and O–H groups in total. The zero-order chi connectivity index (χ0) is 11.0. The minimum Gasteiger partial charge on any atom is -0.349 e. The molecule has 0 radical (unpaired) electrons. The number of nitrogens with one attached hydrogen (secondary N) is 1. The van der Waals surface area contributed by atoms with Gasteiger partial charge in [0.1, 0.15) is 5.78 Å². The number of hydrogen-bond acceptors (Lipinski definition) is 3. The lowest BCUT2D eigenvalue weighted by Gasteiger charge is -2.11. The summed E-state index contributed by atoms with van der Waals surface area (Å²) < 4.78 is 0. The van der Waals surface area contributed by atoms with Crippen LogP contribution < -0.4 is 5.32 Å². The Bertz CT molecular complexity index is 213. The summed E-state index contributed by atoms with van der Waals surface area (Å²) in [5.74, 6) is 0.0350. The maximum Gasteiger partial charge on any atom is 0.207 e. The average Bonchev–Trinajstić information content (AvgIpc) is 2.12. The number of ketones is 2. The van der Waals surface area contributed by atoms with Crippen LogP contribution in [0.25, 0.3) is 0 Å². The van der Waals surface area contributed by atoms with E-state index in [0.29, 0.717) is 25.7 Å². The van der Waals surface area contributed by atoms with Crippen LogP contribution in [-0.4, -0.2) is 24.0 Å². The molecule has 0 saturated carbocycles. The summed E-state index contributed by atoms with van der Waals surface area (Å²) in [5.41, 5.74) is 0. The van der Waals surface area contributed by atoms with Crippen LogP contribution in [0.3, 0.4) is 0 Å². The molecule has 0 spiro atoms. The maximum absolute atomic E-state index is 11.1. The van der Waals surface area contributed by atoms with E-state index in [1.165, 1.54) is 6.92 Å². The van der Waals surface area contributed by atoms with Crippen molar-refractivity contribution >= 4 is 18.0 Å². The first kappa shape index (κ1) is 12.8. The van der Waals surface area contributed by atoms with Crippen LogP contribution in [-0.2, 0) is 14.4 Å². The first-order valence-corrected chi connectivity index (χ1v) is 4.83. The third-order valence-electron chi connectivity index (χ3n) is 2.00. The van der Waals surface area contributed by atoms with Gasteiger partial charge in [-0.05, 0) is 19.8 Å². The van der Waals surface area contributed by atoms with Crippen molar-refractivity contribution in [2.45, 2.75) is 45.6 Å². The highest BCUT2D eigenvalue weighted by atomic mass is 16.1. The predicted octanol–water partition coefficient (Wildman–Crippen LogP) is 0.839. The Morgan fingerprint density at radius 2 is 2.00 bits per heavy atom. The molecule has 1 amide bonds. The Hall–Kier alpha value is -1.19. The lowest BCUT2D eigenvalue weighted by molar-refractivity contribution is -0.123. The first-order chi connectivity index (χ1) is 6.61. The number of hydrogen-bond donors (Lipinski definition) is 1. The largest absolute Gasteiger partial charge is 0.349 e. The molecule has 0 aliphatic rings. The molecule has 4 nitrogen and oxygen atoms in total. The van der Waals surface area contributed by atoms with Crippen LogP contribution in [0.4, 0.5) is 0 Å². The summed E-state index contributed by atoms with van der Waals surface area (Å²) in [5, 5.41) is 2.40. The van der Waals surface area contributed by atoms with Crippen molar-refractivity contribution in [1.29, 1.82) is 0 Å². The van der Waals surface area contributed by atoms with Gasteiger partial charge in [-0.15, -0.1) is 0 Å². The highest BCUT2D eigenvalue weighted by Crippen LogP contribution is 2.02. The lowest BCUT2D eigenvalue weighted by atomic mass is 10.0. The van der Waals surface area contributed by atoms with Gasteiger partial charge >= 0.3 is 0 Å². The Kier molecular flexibility index (Phi) is 6.62. The third-order valence-corrected chi connectivity index (χ3v) is 2.00. The van der Waals surface area contributed by atoms with E-state index in [4.69, 9.17) is 0 Å². The van der Waals surface area contributed by atoms with Crippen LogP contribution in [0.2, 0.25) is 0 Å². The highest BCUT2D eigenvalue weighted by Gasteiger charge is 2.14. The number of rotatable bonds is 8. The molecule has 80 valence electrons. The SMILES string of the molecule is CCCC(=O)CCC(NC=O)C(C)=O. The molecule has 0 heterocycles. The van der Waals surface area contributed by atoms with Gasteiger partial charge in [-0.1, -0.05) is 6.92 Å². The number of Topliss-reactive ketones (excluding diaryl/α,β-unsaturated/α-hetero) is 2. The molecule has 4 heteroatoms. The van der Waals surface area contributed by atoms with Crippen molar-refractivity contribution in [3.05, 3.63) is 0 Å². The lowest BCUT2D eigenvalue weighted by Crippen LogP contribution is -2.34. The van der Waals surface area contributed by atoms with Gasteiger partial charge in [0.25, 0.3) is 0 Å². The van der Waals surface area contributed by atoms with Gasteiger partial charge in [-0.25, -0.2) is 0 Å². The van der Waals surface area contributed by atoms with Gasteiger partial charge in [-0.3, -0.25) is 14.4 Å². The van der Waals surface area contributed by atoms with E-state index < -0.39 is 6.04 Å². The van der Waals surface area contributed by atoms with E-state index >= 15 is 0 Å². The molecule has 0 aromatic rings. The van der Waals surface area contributed by atoms with E-state index in [9.17, 15) is 14.4 Å². The monoisotopic (exact) mass is 199 g/mol.